The minimum Gasteiger partial charge on any atom is -0.334 e. The van der Waals surface area contributed by atoms with Gasteiger partial charge in [0.25, 0.3) is 5.91 Å². The average Bonchev–Trinajstić information content (AvgIpc) is 3.02. The van der Waals surface area contributed by atoms with Gasteiger partial charge in [-0.15, -0.1) is 11.3 Å². The highest BCUT2D eigenvalue weighted by Crippen LogP contribution is 2.33. The zero-order valence-corrected chi connectivity index (χ0v) is 15.9. The number of nitrogens with zero attached hydrogens (tertiary/aromatic N) is 2. The number of urea groups is 1. The fourth-order valence-corrected chi connectivity index (χ4v) is 4.68. The van der Waals surface area contributed by atoms with E-state index in [1.165, 1.54) is 11.3 Å². The Kier molecular flexibility index (Phi) is 4.32. The van der Waals surface area contributed by atoms with Crippen LogP contribution in [0.4, 0.5) is 4.79 Å². The summed E-state index contributed by atoms with van der Waals surface area (Å²) in [6.45, 7) is 2.00. The van der Waals surface area contributed by atoms with Crippen molar-refractivity contribution in [2.45, 2.75) is 37.9 Å². The molecule has 2 aliphatic rings. The number of rotatable bonds is 6. The Morgan fingerprint density at radius 2 is 2.15 bits per heavy atom. The van der Waals surface area contributed by atoms with Crippen LogP contribution in [-0.4, -0.2) is 40.2 Å². The number of hydrogen-bond donors (Lipinski definition) is 1. The van der Waals surface area contributed by atoms with Crippen LogP contribution in [0, 0.1) is 0 Å². The Hall–Kier alpha value is -2.19. The minimum absolute atomic E-state index is 0.183. The second-order valence-corrected chi connectivity index (χ2v) is 8.54. The van der Waals surface area contributed by atoms with E-state index in [-0.39, 0.29) is 24.4 Å². The minimum atomic E-state index is -1.09. The molecule has 0 bridgehead atoms. The summed E-state index contributed by atoms with van der Waals surface area (Å²) < 4.78 is 0. The third-order valence-electron chi connectivity index (χ3n) is 4.82. The quantitative estimate of drug-likeness (QED) is 0.773. The summed E-state index contributed by atoms with van der Waals surface area (Å²) in [6, 6.07) is 5.36. The van der Waals surface area contributed by atoms with Crippen molar-refractivity contribution in [2.75, 3.05) is 6.54 Å². The summed E-state index contributed by atoms with van der Waals surface area (Å²) in [5, 5.41) is 8.61. The smallest absolute Gasteiger partial charge is 0.325 e. The van der Waals surface area contributed by atoms with Crippen LogP contribution in [-0.2, 0) is 21.7 Å². The van der Waals surface area contributed by atoms with E-state index in [9.17, 15) is 14.4 Å². The molecule has 136 valence electrons. The normalized spacial score (nSPS) is 22.6. The maximum absolute atomic E-state index is 12.9. The zero-order valence-electron chi connectivity index (χ0n) is 14.3. The average molecular weight is 390 g/mol. The van der Waals surface area contributed by atoms with Crippen LogP contribution in [0.3, 0.4) is 0 Å². The molecule has 6 nitrogen and oxygen atoms in total. The molecule has 8 heteroatoms. The number of carbonyl (C=O) groups is 3. The molecule has 1 saturated carbocycles. The van der Waals surface area contributed by atoms with Gasteiger partial charge < -0.3 is 10.2 Å². The molecule has 1 atom stereocenters. The van der Waals surface area contributed by atoms with Gasteiger partial charge in [0.05, 0.1) is 0 Å². The predicted octanol–water partition coefficient (Wildman–Crippen LogP) is 2.77. The summed E-state index contributed by atoms with van der Waals surface area (Å²) in [5.74, 6) is -0.554. The van der Waals surface area contributed by atoms with E-state index in [0.29, 0.717) is 6.54 Å². The third kappa shape index (κ3) is 3.03. The monoisotopic (exact) mass is 389 g/mol. The molecular formula is C18H19N3O3S2. The summed E-state index contributed by atoms with van der Waals surface area (Å²) in [6.07, 6.45) is 1.95. The molecule has 4 amide bonds. The molecule has 2 fully saturated rings. The van der Waals surface area contributed by atoms with Crippen LogP contribution in [0.25, 0.3) is 0 Å². The van der Waals surface area contributed by atoms with Crippen molar-refractivity contribution in [1.29, 1.82) is 0 Å². The van der Waals surface area contributed by atoms with E-state index in [1.54, 1.807) is 23.2 Å². The van der Waals surface area contributed by atoms with Gasteiger partial charge in [-0.3, -0.25) is 14.5 Å². The first-order chi connectivity index (χ1) is 12.5. The van der Waals surface area contributed by atoms with Gasteiger partial charge in [-0.05, 0) is 53.6 Å². The van der Waals surface area contributed by atoms with Gasteiger partial charge in [0.1, 0.15) is 6.54 Å². The van der Waals surface area contributed by atoms with Gasteiger partial charge in [-0.25, -0.2) is 4.79 Å². The highest BCUT2D eigenvalue weighted by molar-refractivity contribution is 7.10. The molecule has 1 N–H and O–H groups in total. The summed E-state index contributed by atoms with van der Waals surface area (Å²) in [7, 11) is 0. The van der Waals surface area contributed by atoms with Crippen molar-refractivity contribution in [3.05, 3.63) is 44.8 Å². The van der Waals surface area contributed by atoms with Crippen LogP contribution in [0.15, 0.2) is 34.3 Å². The van der Waals surface area contributed by atoms with E-state index in [4.69, 9.17) is 0 Å². The molecule has 2 aromatic heterocycles. The van der Waals surface area contributed by atoms with Crippen molar-refractivity contribution in [3.8, 4) is 0 Å². The van der Waals surface area contributed by atoms with Crippen molar-refractivity contribution in [3.63, 3.8) is 0 Å². The van der Waals surface area contributed by atoms with Crippen molar-refractivity contribution >= 4 is 40.5 Å². The van der Waals surface area contributed by atoms with Gasteiger partial charge >= 0.3 is 6.03 Å². The van der Waals surface area contributed by atoms with Crippen LogP contribution >= 0.6 is 22.7 Å². The SMILES string of the molecule is CC1(c2cccs2)NC(=O)N(CC(=O)N(Cc2ccsc2)C2CC2)C1=O. The van der Waals surface area contributed by atoms with E-state index in [1.807, 2.05) is 34.3 Å². The fraction of sp³-hybridized carbons (Fsp3) is 0.389. The van der Waals surface area contributed by atoms with Crippen molar-refractivity contribution in [1.82, 2.24) is 15.1 Å². The lowest BCUT2D eigenvalue weighted by molar-refractivity contribution is -0.139. The van der Waals surface area contributed by atoms with Crippen molar-refractivity contribution in [2.24, 2.45) is 0 Å². The number of nitrogens with one attached hydrogen (secondary N) is 1. The highest BCUT2D eigenvalue weighted by atomic mass is 32.1. The lowest BCUT2D eigenvalue weighted by Gasteiger charge is -2.25. The molecule has 3 heterocycles. The Labute approximate surface area is 159 Å². The number of thiophene rings is 2. The number of hydrogen-bond acceptors (Lipinski definition) is 5. The van der Waals surface area contributed by atoms with Gasteiger partial charge in [-0.1, -0.05) is 6.07 Å². The molecule has 0 spiro atoms. The molecule has 1 aliphatic heterocycles. The topological polar surface area (TPSA) is 69.7 Å². The number of carbonyl (C=O) groups excluding carboxylic acids is 3. The molecule has 4 rings (SSSR count). The second-order valence-electron chi connectivity index (χ2n) is 6.81. The maximum atomic E-state index is 12.9. The van der Waals surface area contributed by atoms with Gasteiger partial charge in [0, 0.05) is 17.5 Å². The van der Waals surface area contributed by atoms with Crippen LogP contribution in [0.1, 0.15) is 30.2 Å². The zero-order chi connectivity index (χ0) is 18.3. The summed E-state index contributed by atoms with van der Waals surface area (Å²) in [4.78, 5) is 41.7. The molecule has 1 aliphatic carbocycles. The first-order valence-corrected chi connectivity index (χ1v) is 10.3. The number of amides is 4. The third-order valence-corrected chi connectivity index (χ3v) is 6.65. The number of imide groups is 1. The van der Waals surface area contributed by atoms with Crippen LogP contribution in [0.5, 0.6) is 0 Å². The lowest BCUT2D eigenvalue weighted by atomic mass is 10.0. The Balaban J connectivity index is 1.50. The first kappa shape index (κ1) is 17.2. The summed E-state index contributed by atoms with van der Waals surface area (Å²) >= 11 is 3.01. The second kappa shape index (κ2) is 6.51. The van der Waals surface area contributed by atoms with Gasteiger partial charge in [0.2, 0.25) is 5.91 Å². The Morgan fingerprint density at radius 3 is 2.77 bits per heavy atom. The van der Waals surface area contributed by atoms with Gasteiger partial charge in [-0.2, -0.15) is 11.3 Å². The van der Waals surface area contributed by atoms with E-state index in [2.05, 4.69) is 5.32 Å². The van der Waals surface area contributed by atoms with Crippen molar-refractivity contribution < 1.29 is 14.4 Å². The molecule has 1 saturated heterocycles. The molecule has 1 unspecified atom stereocenters. The highest BCUT2D eigenvalue weighted by Gasteiger charge is 2.50. The molecule has 0 radical (unpaired) electrons. The Morgan fingerprint density at radius 1 is 1.35 bits per heavy atom. The maximum Gasteiger partial charge on any atom is 0.325 e. The van der Waals surface area contributed by atoms with Crippen LogP contribution in [0.2, 0.25) is 0 Å². The lowest BCUT2D eigenvalue weighted by Crippen LogP contribution is -2.44. The molecule has 26 heavy (non-hydrogen) atoms. The van der Waals surface area contributed by atoms with Gasteiger partial charge in [0.15, 0.2) is 5.54 Å². The fourth-order valence-electron chi connectivity index (χ4n) is 3.18. The molecular weight excluding hydrogens is 370 g/mol. The van der Waals surface area contributed by atoms with E-state index >= 15 is 0 Å². The largest absolute Gasteiger partial charge is 0.334 e. The standard InChI is InChI=1S/C18H19N3O3S2/c1-18(14-3-2-7-26-14)16(23)21(17(24)19-18)10-15(22)20(13-4-5-13)9-12-6-8-25-11-12/h2-3,6-8,11,13H,4-5,9-10H2,1H3,(H,19,24). The first-order valence-electron chi connectivity index (χ1n) is 8.47. The van der Waals surface area contributed by atoms with E-state index in [0.717, 1.165) is 28.2 Å². The molecule has 2 aromatic rings. The Bertz CT molecular complexity index is 830. The predicted molar refractivity (Wildman–Crippen MR) is 99.8 cm³/mol. The van der Waals surface area contributed by atoms with E-state index < -0.39 is 11.6 Å². The van der Waals surface area contributed by atoms with Crippen LogP contribution < -0.4 is 5.32 Å². The summed E-state index contributed by atoms with van der Waals surface area (Å²) in [5.41, 5.74) is -0.0144. The molecule has 0 aromatic carbocycles.